The molecule has 102 valence electrons. The second-order valence-electron chi connectivity index (χ2n) is 4.22. The Hall–Kier alpha value is -2.01. The van der Waals surface area contributed by atoms with Gasteiger partial charge in [-0.2, -0.15) is 5.10 Å². The summed E-state index contributed by atoms with van der Waals surface area (Å²) in [5, 5.41) is 10.6. The van der Waals surface area contributed by atoms with E-state index in [-0.39, 0.29) is 0 Å². The van der Waals surface area contributed by atoms with E-state index in [1.165, 1.54) is 0 Å². The fourth-order valence-electron chi connectivity index (χ4n) is 1.94. The number of aromatic nitrogens is 2. The van der Waals surface area contributed by atoms with E-state index in [4.69, 9.17) is 9.47 Å². The van der Waals surface area contributed by atoms with Gasteiger partial charge in [-0.1, -0.05) is 12.1 Å². The second-order valence-corrected chi connectivity index (χ2v) is 4.22. The van der Waals surface area contributed by atoms with Crippen LogP contribution in [0.1, 0.15) is 5.69 Å². The Morgan fingerprint density at radius 2 is 1.95 bits per heavy atom. The van der Waals surface area contributed by atoms with Gasteiger partial charge >= 0.3 is 0 Å². The molecule has 2 N–H and O–H groups in total. The summed E-state index contributed by atoms with van der Waals surface area (Å²) in [6.07, 6.45) is 0. The maximum atomic E-state index is 5.17. The van der Waals surface area contributed by atoms with E-state index < -0.39 is 0 Å². The molecule has 1 heterocycles. The number of aryl methyl sites for hydroxylation is 1. The molecule has 1 aromatic heterocycles. The van der Waals surface area contributed by atoms with Crippen molar-refractivity contribution in [3.63, 3.8) is 0 Å². The number of hydrogen-bond acceptors (Lipinski definition) is 4. The molecule has 0 bridgehead atoms. The number of methoxy groups -OCH3 is 2. The molecule has 0 atom stereocenters. The smallest absolute Gasteiger partial charge is 0.156 e. The number of nitrogens with zero attached hydrogens (tertiary/aromatic N) is 1. The Balaban J connectivity index is 2.24. The lowest BCUT2D eigenvalue weighted by Crippen LogP contribution is -2.08. The quantitative estimate of drug-likeness (QED) is 0.784. The van der Waals surface area contributed by atoms with Gasteiger partial charge < -0.3 is 14.8 Å². The molecule has 0 saturated carbocycles. The Kier molecular flexibility index (Phi) is 4.41. The van der Waals surface area contributed by atoms with Gasteiger partial charge in [0.2, 0.25) is 0 Å². The fraction of sp³-hybridized carbons (Fsp3) is 0.357. The number of nitrogens with one attached hydrogen (secondary N) is 2. The molecule has 2 aromatic rings. The molecule has 0 aliphatic heterocycles. The van der Waals surface area contributed by atoms with Gasteiger partial charge in [0.15, 0.2) is 5.82 Å². The number of H-pyrrole nitrogens is 1. The Labute approximate surface area is 112 Å². The highest BCUT2D eigenvalue weighted by Crippen LogP contribution is 2.30. The van der Waals surface area contributed by atoms with Crippen molar-refractivity contribution in [2.75, 3.05) is 32.7 Å². The largest absolute Gasteiger partial charge is 0.497 e. The van der Waals surface area contributed by atoms with Gasteiger partial charge in [0, 0.05) is 24.9 Å². The molecular formula is C14H19N3O2. The summed E-state index contributed by atoms with van der Waals surface area (Å²) in [4.78, 5) is 0. The van der Waals surface area contributed by atoms with Crippen LogP contribution in [-0.2, 0) is 4.74 Å². The van der Waals surface area contributed by atoms with Gasteiger partial charge in [-0.3, -0.25) is 5.10 Å². The van der Waals surface area contributed by atoms with Crippen molar-refractivity contribution in [2.24, 2.45) is 0 Å². The zero-order valence-electron chi connectivity index (χ0n) is 11.5. The normalized spacial score (nSPS) is 10.5. The highest BCUT2D eigenvalue weighted by Gasteiger charge is 2.12. The first-order chi connectivity index (χ1) is 9.26. The van der Waals surface area contributed by atoms with Crippen LogP contribution in [0.3, 0.4) is 0 Å². The lowest BCUT2D eigenvalue weighted by molar-refractivity contribution is 0.210. The number of ether oxygens (including phenoxy) is 2. The zero-order valence-corrected chi connectivity index (χ0v) is 11.5. The van der Waals surface area contributed by atoms with Crippen LogP contribution in [0, 0.1) is 6.92 Å². The molecule has 0 unspecified atom stereocenters. The lowest BCUT2D eigenvalue weighted by Gasteiger charge is -2.07. The van der Waals surface area contributed by atoms with Gasteiger partial charge in [0.1, 0.15) is 5.75 Å². The predicted molar refractivity (Wildman–Crippen MR) is 75.7 cm³/mol. The molecular weight excluding hydrogens is 242 g/mol. The van der Waals surface area contributed by atoms with Crippen LogP contribution in [0.15, 0.2) is 24.3 Å². The molecule has 0 aliphatic carbocycles. The number of hydrogen-bond donors (Lipinski definition) is 2. The third kappa shape index (κ3) is 3.06. The molecule has 19 heavy (non-hydrogen) atoms. The molecule has 0 radical (unpaired) electrons. The Morgan fingerprint density at radius 3 is 2.58 bits per heavy atom. The lowest BCUT2D eigenvalue weighted by atomic mass is 10.1. The van der Waals surface area contributed by atoms with Crippen LogP contribution in [-0.4, -0.2) is 37.6 Å². The van der Waals surface area contributed by atoms with Crippen molar-refractivity contribution < 1.29 is 9.47 Å². The van der Waals surface area contributed by atoms with Crippen molar-refractivity contribution in [3.8, 4) is 16.9 Å². The third-order valence-corrected chi connectivity index (χ3v) is 2.92. The molecule has 0 aliphatic rings. The van der Waals surface area contributed by atoms with Crippen molar-refractivity contribution in [1.29, 1.82) is 0 Å². The standard InChI is InChI=1S/C14H19N3O2/c1-10-13(11-4-6-12(19-3)7-5-11)14(17-16-10)15-8-9-18-2/h4-7H,8-9H2,1-3H3,(H2,15,16,17). The van der Waals surface area contributed by atoms with Crippen LogP contribution >= 0.6 is 0 Å². The summed E-state index contributed by atoms with van der Waals surface area (Å²) in [5.41, 5.74) is 3.22. The molecule has 2 rings (SSSR count). The molecule has 1 aromatic carbocycles. The van der Waals surface area contributed by atoms with Gasteiger partial charge in [-0.25, -0.2) is 0 Å². The van der Waals surface area contributed by atoms with E-state index in [1.807, 2.05) is 31.2 Å². The summed E-state index contributed by atoms with van der Waals surface area (Å²) in [6, 6.07) is 7.94. The van der Waals surface area contributed by atoms with Gasteiger partial charge in [0.25, 0.3) is 0 Å². The summed E-state index contributed by atoms with van der Waals surface area (Å²) >= 11 is 0. The monoisotopic (exact) mass is 261 g/mol. The molecule has 5 nitrogen and oxygen atoms in total. The highest BCUT2D eigenvalue weighted by molar-refractivity contribution is 5.77. The van der Waals surface area contributed by atoms with Crippen LogP contribution < -0.4 is 10.1 Å². The van der Waals surface area contributed by atoms with Crippen molar-refractivity contribution in [3.05, 3.63) is 30.0 Å². The maximum absolute atomic E-state index is 5.17. The number of anilines is 1. The maximum Gasteiger partial charge on any atom is 0.156 e. The second kappa shape index (κ2) is 6.24. The minimum Gasteiger partial charge on any atom is -0.497 e. The first-order valence-electron chi connectivity index (χ1n) is 6.18. The highest BCUT2D eigenvalue weighted by atomic mass is 16.5. The summed E-state index contributed by atoms with van der Waals surface area (Å²) < 4.78 is 10.2. The van der Waals surface area contributed by atoms with E-state index in [2.05, 4.69) is 15.5 Å². The minimum absolute atomic E-state index is 0.647. The molecule has 0 spiro atoms. The van der Waals surface area contributed by atoms with Crippen molar-refractivity contribution >= 4 is 5.82 Å². The number of aromatic amines is 1. The molecule has 5 heteroatoms. The summed E-state index contributed by atoms with van der Waals surface area (Å²) in [7, 11) is 3.34. The SMILES string of the molecule is COCCNc1n[nH]c(C)c1-c1ccc(OC)cc1. The van der Waals surface area contributed by atoms with Crippen LogP contribution in [0.5, 0.6) is 5.75 Å². The number of benzene rings is 1. The Bertz CT molecular complexity index is 520. The van der Waals surface area contributed by atoms with E-state index in [0.29, 0.717) is 6.61 Å². The number of rotatable bonds is 6. The Morgan fingerprint density at radius 1 is 1.21 bits per heavy atom. The molecule has 0 saturated heterocycles. The fourth-order valence-corrected chi connectivity index (χ4v) is 1.94. The average molecular weight is 261 g/mol. The van der Waals surface area contributed by atoms with E-state index in [0.717, 1.165) is 34.9 Å². The van der Waals surface area contributed by atoms with Gasteiger partial charge in [0.05, 0.1) is 13.7 Å². The predicted octanol–water partition coefficient (Wildman–Crippen LogP) is 2.45. The van der Waals surface area contributed by atoms with Crippen LogP contribution in [0.4, 0.5) is 5.82 Å². The summed E-state index contributed by atoms with van der Waals surface area (Å²) in [5.74, 6) is 1.69. The molecule has 0 amide bonds. The van der Waals surface area contributed by atoms with E-state index >= 15 is 0 Å². The first-order valence-corrected chi connectivity index (χ1v) is 6.18. The zero-order chi connectivity index (χ0) is 13.7. The topological polar surface area (TPSA) is 59.2 Å². The van der Waals surface area contributed by atoms with Gasteiger partial charge in [-0.15, -0.1) is 0 Å². The molecule has 0 fully saturated rings. The van der Waals surface area contributed by atoms with Crippen molar-refractivity contribution in [1.82, 2.24) is 10.2 Å². The van der Waals surface area contributed by atoms with Crippen molar-refractivity contribution in [2.45, 2.75) is 6.92 Å². The van der Waals surface area contributed by atoms with E-state index in [1.54, 1.807) is 14.2 Å². The first kappa shape index (κ1) is 13.4. The average Bonchev–Trinajstić information content (AvgIpc) is 2.80. The summed E-state index contributed by atoms with van der Waals surface area (Å²) in [6.45, 7) is 3.38. The minimum atomic E-state index is 0.647. The van der Waals surface area contributed by atoms with E-state index in [9.17, 15) is 0 Å². The van der Waals surface area contributed by atoms with Gasteiger partial charge in [-0.05, 0) is 24.6 Å². The van der Waals surface area contributed by atoms with Crippen LogP contribution in [0.25, 0.3) is 11.1 Å². The van der Waals surface area contributed by atoms with Crippen LogP contribution in [0.2, 0.25) is 0 Å². The third-order valence-electron chi connectivity index (χ3n) is 2.92.